The highest BCUT2D eigenvalue weighted by Crippen LogP contribution is 2.46. The number of allylic oxidation sites excluding steroid dienone is 3. The van der Waals surface area contributed by atoms with Crippen LogP contribution in [-0.2, 0) is 20.7 Å². The summed E-state index contributed by atoms with van der Waals surface area (Å²) in [4.78, 5) is 27.1. The van der Waals surface area contributed by atoms with Gasteiger partial charge in [0.1, 0.15) is 0 Å². The number of nitrogens with one attached hydrogen (secondary N) is 1. The molecule has 4 nitrogen and oxygen atoms in total. The largest absolute Gasteiger partial charge is 0.462 e. The lowest BCUT2D eigenvalue weighted by Crippen LogP contribution is -2.36. The van der Waals surface area contributed by atoms with Crippen molar-refractivity contribution in [3.63, 3.8) is 0 Å². The molecule has 36 heavy (non-hydrogen) atoms. The quantitative estimate of drug-likeness (QED) is 0.395. The fourth-order valence-electron chi connectivity index (χ4n) is 5.27. The van der Waals surface area contributed by atoms with Gasteiger partial charge in [0, 0.05) is 40.7 Å². The highest BCUT2D eigenvalue weighted by Gasteiger charge is 2.41. The second-order valence-electron chi connectivity index (χ2n) is 9.35. The maximum Gasteiger partial charge on any atom is 0.336 e. The van der Waals surface area contributed by atoms with Crippen LogP contribution in [-0.4, -0.2) is 18.4 Å². The fourth-order valence-corrected chi connectivity index (χ4v) is 5.47. The number of benzene rings is 3. The van der Waals surface area contributed by atoms with Crippen LogP contribution in [0.1, 0.15) is 48.3 Å². The molecule has 0 saturated heterocycles. The summed E-state index contributed by atoms with van der Waals surface area (Å²) < 4.78 is 5.74. The molecule has 0 saturated carbocycles. The molecule has 5 heteroatoms. The highest BCUT2D eigenvalue weighted by atomic mass is 35.5. The second-order valence-corrected chi connectivity index (χ2v) is 9.79. The normalized spacial score (nSPS) is 19.6. The van der Waals surface area contributed by atoms with Crippen LogP contribution in [0.15, 0.2) is 107 Å². The van der Waals surface area contributed by atoms with Crippen molar-refractivity contribution >= 4 is 23.4 Å². The van der Waals surface area contributed by atoms with Crippen molar-refractivity contribution in [2.75, 3.05) is 6.61 Å². The molecule has 0 fully saturated rings. The Hall–Kier alpha value is -3.63. The van der Waals surface area contributed by atoms with Crippen molar-refractivity contribution in [3.8, 4) is 0 Å². The average molecular weight is 498 g/mol. The second kappa shape index (κ2) is 10.5. The molecule has 2 aliphatic rings. The zero-order valence-corrected chi connectivity index (χ0v) is 20.9. The molecule has 0 bridgehead atoms. The van der Waals surface area contributed by atoms with Gasteiger partial charge >= 0.3 is 5.97 Å². The molecule has 5 rings (SSSR count). The van der Waals surface area contributed by atoms with E-state index in [0.717, 1.165) is 22.4 Å². The molecule has 0 aromatic heterocycles. The monoisotopic (exact) mass is 497 g/mol. The lowest BCUT2D eigenvalue weighted by Gasteiger charge is -2.36. The zero-order valence-electron chi connectivity index (χ0n) is 20.2. The third-order valence-corrected chi connectivity index (χ3v) is 7.20. The summed E-state index contributed by atoms with van der Waals surface area (Å²) in [5.41, 5.74) is 5.77. The summed E-state index contributed by atoms with van der Waals surface area (Å²) in [6, 6.07) is 27.4. The fraction of sp³-hybridized carbons (Fsp3) is 0.226. The Morgan fingerprint density at radius 3 is 2.36 bits per heavy atom. The number of hydrogen-bond donors (Lipinski definition) is 1. The lowest BCUT2D eigenvalue weighted by atomic mass is 9.72. The first-order chi connectivity index (χ1) is 17.5. The van der Waals surface area contributed by atoms with Gasteiger partial charge in [0.05, 0.1) is 12.2 Å². The topological polar surface area (TPSA) is 55.4 Å². The standard InChI is InChI=1S/C31H28ClNO3/c1-20-28(31(35)36-16-15-21-9-4-2-5-10-21)29(23-13-8-14-25(32)17-23)30-26(33-20)18-24(19-27(30)34)22-11-6-3-7-12-22/h2-14,17,24,29,33H,15-16,18-19H2,1H3/t24-,29+/m1/s1. The van der Waals surface area contributed by atoms with Gasteiger partial charge in [-0.25, -0.2) is 4.79 Å². The van der Waals surface area contributed by atoms with Gasteiger partial charge in [0.2, 0.25) is 0 Å². The minimum atomic E-state index is -0.520. The predicted octanol–water partition coefficient (Wildman–Crippen LogP) is 6.49. The van der Waals surface area contributed by atoms with Gasteiger partial charge in [0.25, 0.3) is 0 Å². The van der Waals surface area contributed by atoms with E-state index in [-0.39, 0.29) is 18.3 Å². The number of hydrogen-bond acceptors (Lipinski definition) is 4. The number of esters is 1. The van der Waals surface area contributed by atoms with E-state index in [2.05, 4.69) is 17.4 Å². The van der Waals surface area contributed by atoms with Gasteiger partial charge in [-0.15, -0.1) is 0 Å². The third-order valence-electron chi connectivity index (χ3n) is 6.97. The molecular weight excluding hydrogens is 470 g/mol. The van der Waals surface area contributed by atoms with Crippen molar-refractivity contribution in [1.29, 1.82) is 0 Å². The van der Waals surface area contributed by atoms with E-state index >= 15 is 0 Å². The summed E-state index contributed by atoms with van der Waals surface area (Å²) in [6.07, 6.45) is 1.73. The number of dihydropyridines is 1. The predicted molar refractivity (Wildman–Crippen MR) is 142 cm³/mol. The Kier molecular flexibility index (Phi) is 7.06. The summed E-state index contributed by atoms with van der Waals surface area (Å²) >= 11 is 6.35. The van der Waals surface area contributed by atoms with Crippen LogP contribution in [0.2, 0.25) is 5.02 Å². The first-order valence-corrected chi connectivity index (χ1v) is 12.6. The van der Waals surface area contributed by atoms with Crippen molar-refractivity contribution < 1.29 is 14.3 Å². The van der Waals surface area contributed by atoms with Crippen LogP contribution < -0.4 is 5.32 Å². The molecule has 0 spiro atoms. The number of ether oxygens (including phenoxy) is 1. The van der Waals surface area contributed by atoms with Crippen molar-refractivity contribution in [2.24, 2.45) is 0 Å². The van der Waals surface area contributed by atoms with Crippen molar-refractivity contribution in [3.05, 3.63) is 129 Å². The Labute approximate surface area is 216 Å². The molecule has 0 amide bonds. The Morgan fingerprint density at radius 1 is 0.944 bits per heavy atom. The van der Waals surface area contributed by atoms with Gasteiger partial charge in [-0.05, 0) is 48.1 Å². The van der Waals surface area contributed by atoms with Gasteiger partial charge in [0.15, 0.2) is 5.78 Å². The van der Waals surface area contributed by atoms with Gasteiger partial charge in [-0.1, -0.05) is 84.4 Å². The molecule has 1 N–H and O–H groups in total. The number of Topliss-reactive ketones (excluding diaryl/α,β-unsaturated/α-hetero) is 1. The molecule has 1 aliphatic heterocycles. The van der Waals surface area contributed by atoms with Crippen LogP contribution in [0.3, 0.4) is 0 Å². The number of ketones is 1. The zero-order chi connectivity index (χ0) is 25.1. The van der Waals surface area contributed by atoms with Crippen LogP contribution in [0.25, 0.3) is 0 Å². The minimum Gasteiger partial charge on any atom is -0.462 e. The van der Waals surface area contributed by atoms with Crippen LogP contribution in [0, 0.1) is 0 Å². The number of carbonyl (C=O) groups is 2. The molecule has 0 radical (unpaired) electrons. The lowest BCUT2D eigenvalue weighted by molar-refractivity contribution is -0.139. The van der Waals surface area contributed by atoms with Gasteiger partial charge < -0.3 is 10.1 Å². The molecule has 1 aliphatic carbocycles. The first kappa shape index (κ1) is 24.1. The van der Waals surface area contributed by atoms with Crippen LogP contribution in [0.4, 0.5) is 0 Å². The maximum atomic E-state index is 13.6. The van der Waals surface area contributed by atoms with E-state index in [1.54, 1.807) is 6.07 Å². The van der Waals surface area contributed by atoms with E-state index in [9.17, 15) is 9.59 Å². The Bertz CT molecular complexity index is 1340. The molecule has 2 atom stereocenters. The van der Waals surface area contributed by atoms with E-state index in [1.807, 2.05) is 73.7 Å². The Balaban J connectivity index is 1.47. The van der Waals surface area contributed by atoms with E-state index < -0.39 is 11.9 Å². The van der Waals surface area contributed by atoms with Crippen molar-refractivity contribution in [2.45, 2.75) is 38.0 Å². The molecule has 1 heterocycles. The van der Waals surface area contributed by atoms with Gasteiger partial charge in [-0.3, -0.25) is 4.79 Å². The Morgan fingerprint density at radius 2 is 1.64 bits per heavy atom. The van der Waals surface area contributed by atoms with Crippen molar-refractivity contribution in [1.82, 2.24) is 5.32 Å². The first-order valence-electron chi connectivity index (χ1n) is 12.3. The summed E-state index contributed by atoms with van der Waals surface area (Å²) in [6.45, 7) is 2.14. The number of rotatable bonds is 6. The summed E-state index contributed by atoms with van der Waals surface area (Å²) in [5, 5.41) is 3.97. The van der Waals surface area contributed by atoms with E-state index in [1.165, 1.54) is 0 Å². The summed E-state index contributed by atoms with van der Waals surface area (Å²) in [5.74, 6) is -0.791. The minimum absolute atomic E-state index is 0.0460. The average Bonchev–Trinajstić information content (AvgIpc) is 2.89. The smallest absolute Gasteiger partial charge is 0.336 e. The highest BCUT2D eigenvalue weighted by molar-refractivity contribution is 6.30. The molecule has 0 unspecified atom stereocenters. The molecule has 182 valence electrons. The SMILES string of the molecule is CC1=C(C(=O)OCCc2ccccc2)[C@H](c2cccc(Cl)c2)C2=C(C[C@@H](c3ccccc3)CC2=O)N1. The van der Waals surface area contributed by atoms with Crippen LogP contribution >= 0.6 is 11.6 Å². The molecule has 3 aromatic carbocycles. The maximum absolute atomic E-state index is 13.6. The third kappa shape index (κ3) is 5.00. The molecular formula is C31H28ClNO3. The van der Waals surface area contributed by atoms with E-state index in [4.69, 9.17) is 16.3 Å². The number of halogens is 1. The summed E-state index contributed by atoms with van der Waals surface area (Å²) in [7, 11) is 0. The number of carbonyl (C=O) groups excluding carboxylic acids is 2. The van der Waals surface area contributed by atoms with Gasteiger partial charge in [-0.2, -0.15) is 0 Å². The molecule has 3 aromatic rings. The van der Waals surface area contributed by atoms with Crippen LogP contribution in [0.5, 0.6) is 0 Å². The van der Waals surface area contributed by atoms with E-state index in [0.29, 0.717) is 41.1 Å².